The summed E-state index contributed by atoms with van der Waals surface area (Å²) in [5, 5.41) is 3.18. The van der Waals surface area contributed by atoms with Crippen molar-refractivity contribution in [3.8, 4) is 0 Å². The molecule has 0 aromatic heterocycles. The predicted octanol–water partition coefficient (Wildman–Crippen LogP) is 1.46. The van der Waals surface area contributed by atoms with Crippen LogP contribution in [0.4, 0.5) is 0 Å². The number of nitrogens with one attached hydrogen (secondary N) is 1. The van der Waals surface area contributed by atoms with Gasteiger partial charge >= 0.3 is 0 Å². The summed E-state index contributed by atoms with van der Waals surface area (Å²) in [6.45, 7) is 4.04. The molecule has 1 aromatic rings. The number of carbonyl (C=O) groups is 1. The van der Waals surface area contributed by atoms with Crippen LogP contribution in [0.2, 0.25) is 0 Å². The lowest BCUT2D eigenvalue weighted by Gasteiger charge is -2.37. The maximum Gasteiger partial charge on any atom is 0.230 e. The Balaban J connectivity index is 1.70. The molecule has 1 heterocycles. The summed E-state index contributed by atoms with van der Waals surface area (Å²) >= 11 is 0. The lowest BCUT2D eigenvalue weighted by molar-refractivity contribution is -0.125. The van der Waals surface area contributed by atoms with E-state index in [0.717, 1.165) is 25.9 Å². The van der Waals surface area contributed by atoms with E-state index in [1.54, 1.807) is 0 Å². The standard InChI is InChI=1S/C15H20N2O/c1-11-3-5-12(6-4-11)15(7-8-15)14(18)16-13-9-17(2)10-13/h3-6,13H,7-10H2,1-2H3,(H,16,18). The number of likely N-dealkylation sites (tertiary alicyclic amines) is 1. The SMILES string of the molecule is Cc1ccc(C2(C(=O)NC3CN(C)C3)CC2)cc1. The zero-order valence-corrected chi connectivity index (χ0v) is 11.1. The zero-order valence-electron chi connectivity index (χ0n) is 11.1. The van der Waals surface area contributed by atoms with Crippen LogP contribution in [-0.4, -0.2) is 37.0 Å². The Bertz CT molecular complexity index is 456. The van der Waals surface area contributed by atoms with E-state index in [4.69, 9.17) is 0 Å². The molecule has 2 aliphatic rings. The minimum Gasteiger partial charge on any atom is -0.350 e. The van der Waals surface area contributed by atoms with E-state index in [1.807, 2.05) is 0 Å². The highest BCUT2D eigenvalue weighted by Gasteiger charge is 2.51. The second-order valence-electron chi connectivity index (χ2n) is 5.84. The summed E-state index contributed by atoms with van der Waals surface area (Å²) in [6.07, 6.45) is 1.98. The molecule has 3 rings (SSSR count). The van der Waals surface area contributed by atoms with Crippen molar-refractivity contribution in [1.82, 2.24) is 10.2 Å². The fraction of sp³-hybridized carbons (Fsp3) is 0.533. The van der Waals surface area contributed by atoms with E-state index < -0.39 is 0 Å². The molecule has 18 heavy (non-hydrogen) atoms. The number of likely N-dealkylation sites (N-methyl/N-ethyl adjacent to an activating group) is 1. The predicted molar refractivity (Wildman–Crippen MR) is 71.5 cm³/mol. The van der Waals surface area contributed by atoms with E-state index >= 15 is 0 Å². The van der Waals surface area contributed by atoms with E-state index in [-0.39, 0.29) is 11.3 Å². The Labute approximate surface area is 108 Å². The summed E-state index contributed by atoms with van der Waals surface area (Å²) in [5.74, 6) is 0.226. The fourth-order valence-corrected chi connectivity index (χ4v) is 2.76. The Morgan fingerprint density at radius 3 is 2.39 bits per heavy atom. The number of nitrogens with zero attached hydrogens (tertiary/aromatic N) is 1. The third-order valence-electron chi connectivity index (χ3n) is 4.19. The second kappa shape index (κ2) is 4.09. The molecular formula is C15H20N2O. The third-order valence-corrected chi connectivity index (χ3v) is 4.19. The van der Waals surface area contributed by atoms with Crippen molar-refractivity contribution < 1.29 is 4.79 Å². The van der Waals surface area contributed by atoms with Crippen molar-refractivity contribution in [1.29, 1.82) is 0 Å². The fourth-order valence-electron chi connectivity index (χ4n) is 2.76. The molecule has 1 aliphatic carbocycles. The zero-order chi connectivity index (χ0) is 12.8. The van der Waals surface area contributed by atoms with Crippen LogP contribution >= 0.6 is 0 Å². The van der Waals surface area contributed by atoms with E-state index in [9.17, 15) is 4.79 Å². The number of carbonyl (C=O) groups excluding carboxylic acids is 1. The summed E-state index contributed by atoms with van der Waals surface area (Å²) in [4.78, 5) is 14.6. The second-order valence-corrected chi connectivity index (χ2v) is 5.84. The number of amides is 1. The average Bonchev–Trinajstić information content (AvgIpc) is 3.09. The van der Waals surface area contributed by atoms with Gasteiger partial charge in [-0.15, -0.1) is 0 Å². The van der Waals surface area contributed by atoms with E-state index in [2.05, 4.69) is 48.5 Å². The normalized spacial score (nSPS) is 22.3. The van der Waals surface area contributed by atoms with E-state index in [0.29, 0.717) is 6.04 Å². The van der Waals surface area contributed by atoms with Gasteiger partial charge in [0.2, 0.25) is 5.91 Å². The molecular weight excluding hydrogens is 224 g/mol. The summed E-state index contributed by atoms with van der Waals surface area (Å²) < 4.78 is 0. The molecule has 3 nitrogen and oxygen atoms in total. The smallest absolute Gasteiger partial charge is 0.230 e. The van der Waals surface area contributed by atoms with Crippen molar-refractivity contribution in [3.63, 3.8) is 0 Å². The largest absolute Gasteiger partial charge is 0.350 e. The van der Waals surface area contributed by atoms with Gasteiger partial charge in [-0.2, -0.15) is 0 Å². The monoisotopic (exact) mass is 244 g/mol. The van der Waals surface area contributed by atoms with Crippen molar-refractivity contribution in [2.75, 3.05) is 20.1 Å². The van der Waals surface area contributed by atoms with Crippen LogP contribution in [0.1, 0.15) is 24.0 Å². The van der Waals surface area contributed by atoms with Gasteiger partial charge in [0.1, 0.15) is 0 Å². The van der Waals surface area contributed by atoms with Crippen molar-refractivity contribution in [2.24, 2.45) is 0 Å². The van der Waals surface area contributed by atoms with Crippen LogP contribution in [0.25, 0.3) is 0 Å². The first-order valence-corrected chi connectivity index (χ1v) is 6.67. The number of aryl methyl sites for hydroxylation is 1. The minimum absolute atomic E-state index is 0.220. The summed E-state index contributed by atoms with van der Waals surface area (Å²) in [5.41, 5.74) is 2.20. The lowest BCUT2D eigenvalue weighted by atomic mass is 9.93. The maximum atomic E-state index is 12.4. The van der Waals surface area contributed by atoms with Crippen LogP contribution in [-0.2, 0) is 10.2 Å². The van der Waals surface area contributed by atoms with E-state index in [1.165, 1.54) is 11.1 Å². The molecule has 96 valence electrons. The van der Waals surface area contributed by atoms with Crippen LogP contribution in [0.3, 0.4) is 0 Å². The molecule has 0 bridgehead atoms. The minimum atomic E-state index is -0.220. The Kier molecular flexibility index (Phi) is 2.67. The van der Waals surface area contributed by atoms with Gasteiger partial charge in [0.15, 0.2) is 0 Å². The quantitative estimate of drug-likeness (QED) is 0.873. The Hall–Kier alpha value is -1.35. The summed E-state index contributed by atoms with van der Waals surface area (Å²) in [6, 6.07) is 8.76. The molecule has 1 amide bonds. The third kappa shape index (κ3) is 1.93. The van der Waals surface area contributed by atoms with Gasteiger partial charge < -0.3 is 10.2 Å². The van der Waals surface area contributed by atoms with Gasteiger partial charge in [-0.25, -0.2) is 0 Å². The summed E-state index contributed by atoms with van der Waals surface area (Å²) in [7, 11) is 2.08. The van der Waals surface area contributed by atoms with Gasteiger partial charge in [0.25, 0.3) is 0 Å². The topological polar surface area (TPSA) is 32.3 Å². The van der Waals surface area contributed by atoms with Crippen LogP contribution in [0.15, 0.2) is 24.3 Å². The van der Waals surface area contributed by atoms with Crippen molar-refractivity contribution in [2.45, 2.75) is 31.2 Å². The highest BCUT2D eigenvalue weighted by atomic mass is 16.2. The van der Waals surface area contributed by atoms with Crippen molar-refractivity contribution in [3.05, 3.63) is 35.4 Å². The first-order valence-electron chi connectivity index (χ1n) is 6.67. The molecule has 0 atom stereocenters. The molecule has 1 aromatic carbocycles. The van der Waals surface area contributed by atoms with Crippen LogP contribution in [0.5, 0.6) is 0 Å². The van der Waals surface area contributed by atoms with Gasteiger partial charge in [0.05, 0.1) is 11.5 Å². The Morgan fingerprint density at radius 1 is 1.28 bits per heavy atom. The first-order chi connectivity index (χ1) is 8.60. The van der Waals surface area contributed by atoms with Crippen LogP contribution in [0, 0.1) is 6.92 Å². The highest BCUT2D eigenvalue weighted by molar-refractivity contribution is 5.91. The molecule has 0 spiro atoms. The molecule has 1 aliphatic heterocycles. The number of benzene rings is 1. The Morgan fingerprint density at radius 2 is 1.89 bits per heavy atom. The van der Waals surface area contributed by atoms with Gasteiger partial charge in [-0.05, 0) is 32.4 Å². The average molecular weight is 244 g/mol. The lowest BCUT2D eigenvalue weighted by Crippen LogP contribution is -2.59. The number of rotatable bonds is 3. The van der Waals surface area contributed by atoms with Crippen LogP contribution < -0.4 is 5.32 Å². The maximum absolute atomic E-state index is 12.4. The van der Waals surface area contributed by atoms with Gasteiger partial charge in [0, 0.05) is 13.1 Å². The van der Waals surface area contributed by atoms with Gasteiger partial charge in [-0.1, -0.05) is 29.8 Å². The van der Waals surface area contributed by atoms with Gasteiger partial charge in [-0.3, -0.25) is 4.79 Å². The molecule has 0 radical (unpaired) electrons. The molecule has 1 saturated heterocycles. The molecule has 0 unspecified atom stereocenters. The molecule has 1 N–H and O–H groups in total. The molecule has 1 saturated carbocycles. The number of hydrogen-bond acceptors (Lipinski definition) is 2. The molecule has 2 fully saturated rings. The molecule has 3 heteroatoms. The highest BCUT2D eigenvalue weighted by Crippen LogP contribution is 2.48. The first kappa shape index (κ1) is 11.7. The number of hydrogen-bond donors (Lipinski definition) is 1. The van der Waals surface area contributed by atoms with Crippen molar-refractivity contribution >= 4 is 5.91 Å².